The third-order valence-corrected chi connectivity index (χ3v) is 5.65. The molecule has 0 heterocycles. The Hall–Kier alpha value is -2.50. The van der Waals surface area contributed by atoms with Crippen LogP contribution in [0.15, 0.2) is 115 Å². The minimum atomic E-state index is 0. The molecule has 0 N–H and O–H groups in total. The van der Waals surface area contributed by atoms with E-state index in [9.17, 15) is 0 Å². The molecule has 138 valence electrons. The number of allylic oxidation sites excluding steroid dienone is 4. The quantitative estimate of drug-likeness (QED) is 0.249. The number of rotatable bonds is 2. The van der Waals surface area contributed by atoms with E-state index in [1.807, 2.05) is 30.3 Å². The standard InChI is InChI=1S/C23H17.C5H5.Zr/c1-2-8-16(7-1)18-11-5-12-20(18)22-14-6-13-21-19-10-4-3-9-17(19)15-23(21)22;1-2-4-5-3-1;/h1-14,16H,15H2;1-5H;/q2*-1;+2. The monoisotopic (exact) mass is 448 g/mol. The van der Waals surface area contributed by atoms with Crippen molar-refractivity contribution in [1.82, 2.24) is 0 Å². The molecule has 0 nitrogen and oxygen atoms in total. The summed E-state index contributed by atoms with van der Waals surface area (Å²) in [6, 6.07) is 32.3. The van der Waals surface area contributed by atoms with Crippen LogP contribution in [0.3, 0.4) is 0 Å². The van der Waals surface area contributed by atoms with E-state index in [2.05, 4.69) is 85.0 Å². The Bertz CT molecular complexity index is 1110. The van der Waals surface area contributed by atoms with E-state index in [1.165, 1.54) is 38.9 Å². The Morgan fingerprint density at radius 1 is 0.759 bits per heavy atom. The van der Waals surface area contributed by atoms with Crippen LogP contribution in [0.25, 0.3) is 22.3 Å². The van der Waals surface area contributed by atoms with Crippen LogP contribution in [0.1, 0.15) is 22.6 Å². The van der Waals surface area contributed by atoms with Gasteiger partial charge in [-0.15, -0.1) is 29.3 Å². The Balaban J connectivity index is 0.000000301. The van der Waals surface area contributed by atoms with Crippen molar-refractivity contribution < 1.29 is 26.2 Å². The van der Waals surface area contributed by atoms with Gasteiger partial charge in [-0.2, -0.15) is 24.3 Å². The molecule has 1 heteroatoms. The molecule has 0 aromatic heterocycles. The van der Waals surface area contributed by atoms with Gasteiger partial charge in [0.05, 0.1) is 0 Å². The molecule has 0 saturated heterocycles. The van der Waals surface area contributed by atoms with Crippen LogP contribution >= 0.6 is 0 Å². The zero-order valence-electron chi connectivity index (χ0n) is 16.3. The first kappa shape index (κ1) is 19.8. The van der Waals surface area contributed by atoms with Crippen LogP contribution in [-0.4, -0.2) is 0 Å². The van der Waals surface area contributed by atoms with Crippen LogP contribution in [0.2, 0.25) is 0 Å². The van der Waals surface area contributed by atoms with Crippen molar-refractivity contribution >= 4 is 0 Å². The molecule has 0 spiro atoms. The summed E-state index contributed by atoms with van der Waals surface area (Å²) < 4.78 is 0. The van der Waals surface area contributed by atoms with E-state index < -0.39 is 0 Å². The van der Waals surface area contributed by atoms with E-state index in [-0.39, 0.29) is 26.2 Å². The molecule has 0 unspecified atom stereocenters. The maximum absolute atomic E-state index is 2.28. The topological polar surface area (TPSA) is 0 Å². The average molecular weight is 450 g/mol. The molecular formula is C28H22Zr. The predicted molar refractivity (Wildman–Crippen MR) is 119 cm³/mol. The maximum atomic E-state index is 2.28. The smallest absolute Gasteiger partial charge is 0.214 e. The first-order valence-electron chi connectivity index (χ1n) is 9.89. The summed E-state index contributed by atoms with van der Waals surface area (Å²) in [4.78, 5) is 0. The third kappa shape index (κ3) is 3.85. The summed E-state index contributed by atoms with van der Waals surface area (Å²) in [5.41, 5.74) is 9.93. The van der Waals surface area contributed by atoms with Crippen molar-refractivity contribution in [3.63, 3.8) is 0 Å². The number of fused-ring (bicyclic) bond motifs is 3. The van der Waals surface area contributed by atoms with E-state index in [1.54, 1.807) is 0 Å². The van der Waals surface area contributed by atoms with Crippen molar-refractivity contribution in [2.24, 2.45) is 0 Å². The van der Waals surface area contributed by atoms with Gasteiger partial charge >= 0.3 is 26.2 Å². The van der Waals surface area contributed by atoms with Gasteiger partial charge in [0.1, 0.15) is 0 Å². The Kier molecular flexibility index (Phi) is 6.07. The largest absolute Gasteiger partial charge is 2.00 e. The minimum Gasteiger partial charge on any atom is -0.214 e. The minimum absolute atomic E-state index is 0. The fourth-order valence-corrected chi connectivity index (χ4v) is 4.34. The first-order chi connectivity index (χ1) is 13.9. The van der Waals surface area contributed by atoms with Crippen LogP contribution in [-0.2, 0) is 32.6 Å². The van der Waals surface area contributed by atoms with E-state index in [0.717, 1.165) is 6.42 Å². The van der Waals surface area contributed by atoms with Gasteiger partial charge in [-0.05, 0) is 23.1 Å². The number of benzene rings is 2. The van der Waals surface area contributed by atoms with Crippen LogP contribution in [0.5, 0.6) is 0 Å². The number of hydrogen-bond donors (Lipinski definition) is 0. The van der Waals surface area contributed by atoms with Gasteiger partial charge in [-0.25, -0.2) is 12.1 Å². The molecule has 0 bridgehead atoms. The van der Waals surface area contributed by atoms with Crippen LogP contribution < -0.4 is 0 Å². The molecule has 0 fully saturated rings. The maximum Gasteiger partial charge on any atom is 2.00 e. The van der Waals surface area contributed by atoms with Crippen molar-refractivity contribution in [3.8, 4) is 22.3 Å². The fourth-order valence-electron chi connectivity index (χ4n) is 4.34. The van der Waals surface area contributed by atoms with Gasteiger partial charge in [0, 0.05) is 5.92 Å². The normalized spacial score (nSPS) is 13.4. The summed E-state index contributed by atoms with van der Waals surface area (Å²) in [5.74, 6) is 0.416. The van der Waals surface area contributed by atoms with Gasteiger partial charge in [-0.3, -0.25) is 0 Å². The summed E-state index contributed by atoms with van der Waals surface area (Å²) in [5, 5.41) is 0. The van der Waals surface area contributed by atoms with Gasteiger partial charge in [0.15, 0.2) is 0 Å². The van der Waals surface area contributed by atoms with Gasteiger partial charge in [0.25, 0.3) is 0 Å². The second kappa shape index (κ2) is 8.89. The van der Waals surface area contributed by atoms with E-state index in [0.29, 0.717) is 5.92 Å². The zero-order chi connectivity index (χ0) is 18.8. The summed E-state index contributed by atoms with van der Waals surface area (Å²) in [6.45, 7) is 0. The molecular weight excluding hydrogens is 428 g/mol. The van der Waals surface area contributed by atoms with Crippen LogP contribution in [0, 0.1) is 0 Å². The van der Waals surface area contributed by atoms with Crippen LogP contribution in [0.4, 0.5) is 0 Å². The average Bonchev–Trinajstić information content (AvgIpc) is 3.55. The number of hydrogen-bond acceptors (Lipinski definition) is 0. The molecule has 0 amide bonds. The summed E-state index contributed by atoms with van der Waals surface area (Å²) in [7, 11) is 0. The van der Waals surface area contributed by atoms with Crippen molar-refractivity contribution in [2.45, 2.75) is 12.3 Å². The molecule has 6 rings (SSSR count). The first-order valence-corrected chi connectivity index (χ1v) is 9.89. The predicted octanol–water partition coefficient (Wildman–Crippen LogP) is 7.26. The molecule has 29 heavy (non-hydrogen) atoms. The Labute approximate surface area is 192 Å². The summed E-state index contributed by atoms with van der Waals surface area (Å²) in [6.07, 6.45) is 9.88. The Morgan fingerprint density at radius 2 is 1.52 bits per heavy atom. The molecule has 0 aliphatic heterocycles. The SMILES string of the molecule is C1=CC(c2ccc[c-]2-c2cccc3c2Cc2ccccc2-3)C=C1.[Zr+2].c1cc[cH-]c1. The Morgan fingerprint density at radius 3 is 2.28 bits per heavy atom. The molecule has 0 atom stereocenters. The van der Waals surface area contributed by atoms with Crippen molar-refractivity contribution in [2.75, 3.05) is 0 Å². The van der Waals surface area contributed by atoms with E-state index in [4.69, 9.17) is 0 Å². The fraction of sp³-hybridized carbons (Fsp3) is 0.0714. The second-order valence-electron chi connectivity index (χ2n) is 7.32. The molecule has 4 aromatic rings. The third-order valence-electron chi connectivity index (χ3n) is 5.65. The second-order valence-corrected chi connectivity index (χ2v) is 7.32. The molecule has 2 aliphatic carbocycles. The molecule has 0 saturated carbocycles. The summed E-state index contributed by atoms with van der Waals surface area (Å²) >= 11 is 0. The van der Waals surface area contributed by atoms with Gasteiger partial charge < -0.3 is 0 Å². The molecule has 2 aliphatic rings. The van der Waals surface area contributed by atoms with E-state index >= 15 is 0 Å². The molecule has 4 aromatic carbocycles. The van der Waals surface area contributed by atoms with Crippen molar-refractivity contribution in [1.29, 1.82) is 0 Å². The zero-order valence-corrected chi connectivity index (χ0v) is 18.7. The molecule has 0 radical (unpaired) electrons. The van der Waals surface area contributed by atoms with Crippen molar-refractivity contribution in [3.05, 3.63) is 132 Å². The van der Waals surface area contributed by atoms with Gasteiger partial charge in [0.2, 0.25) is 0 Å². The van der Waals surface area contributed by atoms with Gasteiger partial charge in [-0.1, -0.05) is 71.8 Å².